The average molecular weight is 740 g/mol. The Bertz CT molecular complexity index is 3230. The molecule has 0 radical (unpaired) electrons. The van der Waals surface area contributed by atoms with Gasteiger partial charge in [0.25, 0.3) is 0 Å². The molecule has 0 atom stereocenters. The molecule has 0 bridgehead atoms. The Labute approximate surface area is 337 Å². The number of rotatable bonds is 6. The van der Waals surface area contributed by atoms with Crippen LogP contribution in [0.5, 0.6) is 0 Å². The first-order valence-electron chi connectivity index (χ1n) is 19.9. The van der Waals surface area contributed by atoms with Gasteiger partial charge in [-0.25, -0.2) is 9.97 Å². The van der Waals surface area contributed by atoms with Gasteiger partial charge in [-0.1, -0.05) is 164 Å². The molecule has 0 aliphatic heterocycles. The van der Waals surface area contributed by atoms with E-state index < -0.39 is 0 Å². The van der Waals surface area contributed by atoms with Crippen LogP contribution in [0.1, 0.15) is 23.1 Å². The molecule has 0 amide bonds. The quantitative estimate of drug-likeness (QED) is 0.170. The molecule has 2 aromatic heterocycles. The van der Waals surface area contributed by atoms with Crippen molar-refractivity contribution in [3.05, 3.63) is 223 Å². The zero-order valence-electron chi connectivity index (χ0n) is 31.8. The molecule has 58 heavy (non-hydrogen) atoms. The summed E-state index contributed by atoms with van der Waals surface area (Å²) in [6, 6.07) is 69.4. The Kier molecular flexibility index (Phi) is 8.22. The van der Waals surface area contributed by atoms with E-state index in [4.69, 9.17) is 9.97 Å². The van der Waals surface area contributed by atoms with Crippen molar-refractivity contribution in [1.29, 1.82) is 0 Å². The van der Waals surface area contributed by atoms with Gasteiger partial charge in [-0.2, -0.15) is 0 Å². The van der Waals surface area contributed by atoms with Crippen molar-refractivity contribution in [3.63, 3.8) is 0 Å². The minimum atomic E-state index is 0.708. The third kappa shape index (κ3) is 5.93. The summed E-state index contributed by atoms with van der Waals surface area (Å²) in [5.74, 6) is 0.708. The van der Waals surface area contributed by atoms with E-state index in [0.717, 1.165) is 39.9 Å². The Morgan fingerprint density at radius 3 is 1.88 bits per heavy atom. The lowest BCUT2D eigenvalue weighted by atomic mass is 9.88. The summed E-state index contributed by atoms with van der Waals surface area (Å²) in [6.07, 6.45) is 7.68. The Morgan fingerprint density at radius 2 is 1.07 bits per heavy atom. The number of fused-ring (bicyclic) bond motifs is 5. The molecule has 272 valence electrons. The molecule has 3 heteroatoms. The van der Waals surface area contributed by atoms with E-state index in [2.05, 4.69) is 199 Å². The highest BCUT2D eigenvalue weighted by molar-refractivity contribution is 6.10. The van der Waals surface area contributed by atoms with Crippen LogP contribution in [0.25, 0.3) is 94.9 Å². The maximum Gasteiger partial charge on any atom is 0.160 e. The first-order valence-corrected chi connectivity index (χ1v) is 19.9. The predicted octanol–water partition coefficient (Wildman–Crippen LogP) is 14.2. The number of allylic oxidation sites excluding steroid dienone is 2. The molecule has 0 saturated heterocycles. The van der Waals surface area contributed by atoms with E-state index in [9.17, 15) is 0 Å². The van der Waals surface area contributed by atoms with Crippen LogP contribution >= 0.6 is 0 Å². The molecule has 0 fully saturated rings. The van der Waals surface area contributed by atoms with E-state index in [1.54, 1.807) is 0 Å². The van der Waals surface area contributed by atoms with Crippen molar-refractivity contribution in [2.75, 3.05) is 0 Å². The van der Waals surface area contributed by atoms with Crippen molar-refractivity contribution in [2.24, 2.45) is 0 Å². The second-order valence-corrected chi connectivity index (χ2v) is 14.9. The second-order valence-electron chi connectivity index (χ2n) is 14.9. The van der Waals surface area contributed by atoms with Gasteiger partial charge in [0, 0.05) is 33.2 Å². The molecule has 11 rings (SSSR count). The van der Waals surface area contributed by atoms with Crippen molar-refractivity contribution in [1.82, 2.24) is 14.5 Å². The van der Waals surface area contributed by atoms with Gasteiger partial charge in [0.15, 0.2) is 5.82 Å². The summed E-state index contributed by atoms with van der Waals surface area (Å²) in [5.41, 5.74) is 15.7. The van der Waals surface area contributed by atoms with E-state index in [-0.39, 0.29) is 0 Å². The summed E-state index contributed by atoms with van der Waals surface area (Å²) in [5, 5.41) is 4.85. The normalized spacial score (nSPS) is 12.4. The molecule has 0 N–H and O–H groups in total. The highest BCUT2D eigenvalue weighted by Crippen LogP contribution is 2.40. The number of hydrogen-bond acceptors (Lipinski definition) is 2. The van der Waals surface area contributed by atoms with Crippen LogP contribution in [0.2, 0.25) is 0 Å². The standard InChI is InChI=1S/C55H37N3/c1-4-15-37(16-5-1)46-23-11-10-17-38-20-14-25-48(54(38)46)51-36-50(56-55(57-51)39-18-6-2-7-19-39)44-30-29-40-33-41(27-28-42(40)34-44)43-31-32-53-49(35-43)47-24-12-13-26-52(47)58(53)45-21-8-3-9-22-45/h1-10,12-36H,11H2. The van der Waals surface area contributed by atoms with Crippen molar-refractivity contribution in [2.45, 2.75) is 6.42 Å². The molecule has 0 saturated carbocycles. The highest BCUT2D eigenvalue weighted by Gasteiger charge is 2.20. The van der Waals surface area contributed by atoms with Gasteiger partial charge in [-0.15, -0.1) is 0 Å². The van der Waals surface area contributed by atoms with E-state index in [1.165, 1.54) is 66.3 Å². The monoisotopic (exact) mass is 739 g/mol. The van der Waals surface area contributed by atoms with Gasteiger partial charge in [0.05, 0.1) is 22.4 Å². The van der Waals surface area contributed by atoms with Crippen LogP contribution in [0.3, 0.4) is 0 Å². The fraction of sp³-hybridized carbons (Fsp3) is 0.0182. The summed E-state index contributed by atoms with van der Waals surface area (Å²) in [6.45, 7) is 0. The zero-order chi connectivity index (χ0) is 38.4. The summed E-state index contributed by atoms with van der Waals surface area (Å²) < 4.78 is 2.36. The van der Waals surface area contributed by atoms with Crippen LogP contribution in [0.15, 0.2) is 206 Å². The van der Waals surface area contributed by atoms with Crippen LogP contribution in [0.4, 0.5) is 0 Å². The van der Waals surface area contributed by atoms with Crippen molar-refractivity contribution >= 4 is 44.2 Å². The molecule has 1 aliphatic carbocycles. The number of nitrogens with zero attached hydrogens (tertiary/aromatic N) is 3. The molecule has 2 heterocycles. The van der Waals surface area contributed by atoms with Gasteiger partial charge in [0.2, 0.25) is 0 Å². The molecule has 0 spiro atoms. The van der Waals surface area contributed by atoms with Crippen molar-refractivity contribution < 1.29 is 0 Å². The fourth-order valence-electron chi connectivity index (χ4n) is 8.63. The number of para-hydroxylation sites is 2. The van der Waals surface area contributed by atoms with Gasteiger partial charge >= 0.3 is 0 Å². The number of aromatic nitrogens is 3. The highest BCUT2D eigenvalue weighted by atomic mass is 15.0. The Balaban J connectivity index is 1.01. The van der Waals surface area contributed by atoms with Gasteiger partial charge in [-0.3, -0.25) is 0 Å². The van der Waals surface area contributed by atoms with Gasteiger partial charge in [0.1, 0.15) is 0 Å². The first-order chi connectivity index (χ1) is 28.7. The summed E-state index contributed by atoms with van der Waals surface area (Å²) >= 11 is 0. The Morgan fingerprint density at radius 1 is 0.431 bits per heavy atom. The third-order valence-corrected chi connectivity index (χ3v) is 11.4. The SMILES string of the molecule is C1=Cc2cccc(-c3cc(-c4ccc5cc(-c6ccc7c(c6)c6ccccc6n7-c6ccccc6)ccc5c4)nc(-c4ccccc4)n3)c2C(c2ccccc2)=CC1. The van der Waals surface area contributed by atoms with E-state index >= 15 is 0 Å². The molecule has 3 nitrogen and oxygen atoms in total. The topological polar surface area (TPSA) is 30.7 Å². The maximum atomic E-state index is 5.27. The van der Waals surface area contributed by atoms with Crippen molar-refractivity contribution in [3.8, 4) is 50.7 Å². The summed E-state index contributed by atoms with van der Waals surface area (Å²) in [4.78, 5) is 10.5. The lowest BCUT2D eigenvalue weighted by Crippen LogP contribution is -2.00. The minimum absolute atomic E-state index is 0.708. The van der Waals surface area contributed by atoms with Gasteiger partial charge in [-0.05, 0) is 99.1 Å². The van der Waals surface area contributed by atoms with Gasteiger partial charge < -0.3 is 4.57 Å². The molecule has 0 unspecified atom stereocenters. The maximum absolute atomic E-state index is 5.27. The van der Waals surface area contributed by atoms with E-state index in [1.807, 2.05) is 18.2 Å². The molecule has 1 aliphatic rings. The Hall–Kier alpha value is -7.62. The summed E-state index contributed by atoms with van der Waals surface area (Å²) in [7, 11) is 0. The second kappa shape index (κ2) is 14.1. The molecular weight excluding hydrogens is 703 g/mol. The zero-order valence-corrected chi connectivity index (χ0v) is 31.8. The molecular formula is C55H37N3. The predicted molar refractivity (Wildman–Crippen MR) is 243 cm³/mol. The minimum Gasteiger partial charge on any atom is -0.309 e. The van der Waals surface area contributed by atoms with Crippen LogP contribution in [-0.2, 0) is 0 Å². The van der Waals surface area contributed by atoms with Crippen LogP contribution < -0.4 is 0 Å². The third-order valence-electron chi connectivity index (χ3n) is 11.4. The average Bonchev–Trinajstić information content (AvgIpc) is 3.46. The first kappa shape index (κ1) is 33.7. The molecule has 10 aromatic rings. The van der Waals surface area contributed by atoms with Crippen LogP contribution in [0, 0.1) is 0 Å². The number of benzene rings is 8. The van der Waals surface area contributed by atoms with E-state index in [0.29, 0.717) is 5.82 Å². The lowest BCUT2D eigenvalue weighted by molar-refractivity contribution is 1.18. The molecule has 8 aromatic carbocycles. The lowest BCUT2D eigenvalue weighted by Gasteiger charge is -2.17. The smallest absolute Gasteiger partial charge is 0.160 e. The fourth-order valence-corrected chi connectivity index (χ4v) is 8.63. The number of hydrogen-bond donors (Lipinski definition) is 0. The largest absolute Gasteiger partial charge is 0.309 e. The van der Waals surface area contributed by atoms with Crippen LogP contribution in [-0.4, -0.2) is 14.5 Å².